The van der Waals surface area contributed by atoms with Gasteiger partial charge < -0.3 is 19.2 Å². The van der Waals surface area contributed by atoms with Gasteiger partial charge in [-0.1, -0.05) is 84.0 Å². The van der Waals surface area contributed by atoms with Crippen molar-refractivity contribution in [2.24, 2.45) is 0 Å². The number of nitrogens with one attached hydrogen (secondary N) is 1. The van der Waals surface area contributed by atoms with Crippen LogP contribution in [0.2, 0.25) is 0 Å². The maximum Gasteiger partial charge on any atom is 1.00 e. The van der Waals surface area contributed by atoms with E-state index >= 15 is 0 Å². The van der Waals surface area contributed by atoms with Gasteiger partial charge in [0.25, 0.3) is 0 Å². The molecule has 0 radical (unpaired) electrons. The molecule has 0 aliphatic heterocycles. The summed E-state index contributed by atoms with van der Waals surface area (Å²) in [5.41, 5.74) is 5.19. The SMILES string of the molecule is Cc1noc(-c2ccc(-c3ccc(CC(=O)[O-])cc3)cc2)c1NC(=O)O[C@H](C)c1ccccc1.[K+]. The largest absolute Gasteiger partial charge is 1.00 e. The summed E-state index contributed by atoms with van der Waals surface area (Å²) >= 11 is 0. The fraction of sp³-hybridized carbons (Fsp3) is 0.148. The Kier molecular flexibility index (Phi) is 9.42. The molecule has 0 aliphatic rings. The van der Waals surface area contributed by atoms with Crippen LogP contribution in [0.5, 0.6) is 0 Å². The average Bonchev–Trinajstić information content (AvgIpc) is 3.19. The molecule has 3 aromatic carbocycles. The second kappa shape index (κ2) is 12.3. The Balaban J connectivity index is 0.00000342. The van der Waals surface area contributed by atoms with Crippen LogP contribution < -0.4 is 61.8 Å². The van der Waals surface area contributed by atoms with Crippen molar-refractivity contribution in [1.29, 1.82) is 0 Å². The summed E-state index contributed by atoms with van der Waals surface area (Å²) in [7, 11) is 0. The molecule has 35 heavy (non-hydrogen) atoms. The smallest absolute Gasteiger partial charge is 0.550 e. The van der Waals surface area contributed by atoms with Crippen LogP contribution in [0, 0.1) is 6.92 Å². The number of rotatable bonds is 7. The zero-order valence-electron chi connectivity index (χ0n) is 19.8. The quantitative estimate of drug-likeness (QED) is 0.394. The van der Waals surface area contributed by atoms with E-state index in [1.165, 1.54) is 0 Å². The molecule has 0 aliphatic carbocycles. The summed E-state index contributed by atoms with van der Waals surface area (Å²) < 4.78 is 11.0. The van der Waals surface area contributed by atoms with E-state index in [0.717, 1.165) is 22.3 Å². The standard InChI is InChI=1S/C27H24N2O5.K/c1-17-25(28-27(32)33-18(2)20-6-4-3-5-7-20)26(34-29-17)23-14-12-22(13-15-23)21-10-8-19(9-11-21)16-24(30)31;/h3-15,18H,16H2,1-2H3,(H,28,32)(H,30,31);/q;+1/p-1/t18-;/m1./s1. The number of carboxylic acid groups (broad SMARTS) is 1. The van der Waals surface area contributed by atoms with Crippen molar-refractivity contribution < 1.29 is 75.3 Å². The topological polar surface area (TPSA) is 104 Å². The predicted molar refractivity (Wildman–Crippen MR) is 126 cm³/mol. The Morgan fingerprint density at radius 1 is 0.943 bits per heavy atom. The number of ether oxygens (including phenoxy) is 1. The van der Waals surface area contributed by atoms with E-state index in [-0.39, 0.29) is 57.8 Å². The second-order valence-electron chi connectivity index (χ2n) is 7.88. The minimum Gasteiger partial charge on any atom is -0.550 e. The number of nitrogens with zero attached hydrogens (tertiary/aromatic N) is 1. The van der Waals surface area contributed by atoms with Crippen LogP contribution in [0.1, 0.15) is 29.8 Å². The first kappa shape index (κ1) is 26.8. The zero-order chi connectivity index (χ0) is 24.1. The Morgan fingerprint density at radius 3 is 2.11 bits per heavy atom. The van der Waals surface area contributed by atoms with E-state index in [0.29, 0.717) is 22.7 Å². The van der Waals surface area contributed by atoms with Crippen LogP contribution in [0.15, 0.2) is 83.4 Å². The van der Waals surface area contributed by atoms with Crippen LogP contribution >= 0.6 is 0 Å². The van der Waals surface area contributed by atoms with E-state index in [1.807, 2.05) is 66.7 Å². The van der Waals surface area contributed by atoms with Crippen LogP contribution in [-0.2, 0) is 16.0 Å². The number of aliphatic carboxylic acids is 1. The minimum absolute atomic E-state index is 0. The third kappa shape index (κ3) is 6.90. The third-order valence-corrected chi connectivity index (χ3v) is 5.43. The molecular formula is C27H23KN2O5. The first-order valence-electron chi connectivity index (χ1n) is 10.8. The Labute approximate surface area is 245 Å². The molecule has 1 N–H and O–H groups in total. The fourth-order valence-electron chi connectivity index (χ4n) is 3.59. The summed E-state index contributed by atoms with van der Waals surface area (Å²) in [5.74, 6) is -0.681. The summed E-state index contributed by atoms with van der Waals surface area (Å²) in [6, 6.07) is 24.3. The molecule has 0 saturated carbocycles. The summed E-state index contributed by atoms with van der Waals surface area (Å²) in [5, 5.41) is 17.5. The predicted octanol–water partition coefficient (Wildman–Crippen LogP) is 1.92. The molecule has 0 fully saturated rings. The second-order valence-corrected chi connectivity index (χ2v) is 7.88. The molecule has 0 bridgehead atoms. The number of benzene rings is 3. The van der Waals surface area contributed by atoms with Crippen LogP contribution in [0.25, 0.3) is 22.5 Å². The number of carbonyl (C=O) groups is 2. The van der Waals surface area contributed by atoms with Gasteiger partial charge >= 0.3 is 57.5 Å². The summed E-state index contributed by atoms with van der Waals surface area (Å²) in [6.45, 7) is 3.55. The Hall–Kier alpha value is -2.75. The Morgan fingerprint density at radius 2 is 1.51 bits per heavy atom. The fourth-order valence-corrected chi connectivity index (χ4v) is 3.59. The van der Waals surface area contributed by atoms with Gasteiger partial charge in [-0.25, -0.2) is 4.79 Å². The number of hydrogen-bond donors (Lipinski definition) is 1. The maximum absolute atomic E-state index is 12.5. The van der Waals surface area contributed by atoms with Crippen molar-refractivity contribution in [1.82, 2.24) is 5.16 Å². The van der Waals surface area contributed by atoms with Crippen LogP contribution in [0.4, 0.5) is 10.5 Å². The van der Waals surface area contributed by atoms with Gasteiger partial charge in [0.1, 0.15) is 17.5 Å². The number of aryl methyl sites for hydroxylation is 1. The monoisotopic (exact) mass is 494 g/mol. The van der Waals surface area contributed by atoms with Gasteiger partial charge in [-0.2, -0.15) is 0 Å². The van der Waals surface area contributed by atoms with Gasteiger partial charge in [-0.3, -0.25) is 5.32 Å². The minimum atomic E-state index is -1.11. The molecule has 1 heterocycles. The molecule has 0 spiro atoms. The molecule has 1 atom stereocenters. The molecule has 0 unspecified atom stereocenters. The van der Waals surface area contributed by atoms with Gasteiger partial charge in [0.05, 0.1) is 0 Å². The third-order valence-electron chi connectivity index (χ3n) is 5.43. The normalized spacial score (nSPS) is 11.3. The number of hydrogen-bond acceptors (Lipinski definition) is 6. The number of carbonyl (C=O) groups excluding carboxylic acids is 2. The van der Waals surface area contributed by atoms with Crippen molar-refractivity contribution in [3.63, 3.8) is 0 Å². The molecular weight excluding hydrogens is 471 g/mol. The molecule has 4 aromatic rings. The van der Waals surface area contributed by atoms with E-state index < -0.39 is 18.2 Å². The van der Waals surface area contributed by atoms with Crippen molar-refractivity contribution in [2.75, 3.05) is 5.32 Å². The number of anilines is 1. The zero-order valence-corrected chi connectivity index (χ0v) is 22.9. The molecule has 8 heteroatoms. The van der Waals surface area contributed by atoms with Crippen molar-refractivity contribution in [3.05, 3.63) is 95.7 Å². The van der Waals surface area contributed by atoms with Crippen molar-refractivity contribution in [3.8, 4) is 22.5 Å². The first-order valence-corrected chi connectivity index (χ1v) is 10.8. The first-order chi connectivity index (χ1) is 16.4. The number of carboxylic acids is 1. The molecule has 172 valence electrons. The summed E-state index contributed by atoms with van der Waals surface area (Å²) in [4.78, 5) is 23.3. The Bertz CT molecular complexity index is 1290. The van der Waals surface area contributed by atoms with Crippen molar-refractivity contribution in [2.45, 2.75) is 26.4 Å². The summed E-state index contributed by atoms with van der Waals surface area (Å²) in [6.07, 6.45) is -1.13. The average molecular weight is 495 g/mol. The molecule has 0 saturated heterocycles. The number of amides is 1. The molecule has 7 nitrogen and oxygen atoms in total. The van der Waals surface area contributed by atoms with E-state index in [9.17, 15) is 14.7 Å². The van der Waals surface area contributed by atoms with E-state index in [1.54, 1.807) is 26.0 Å². The van der Waals surface area contributed by atoms with Crippen LogP contribution in [0.3, 0.4) is 0 Å². The van der Waals surface area contributed by atoms with E-state index in [4.69, 9.17) is 9.26 Å². The maximum atomic E-state index is 12.5. The molecule has 1 amide bonds. The van der Waals surface area contributed by atoms with E-state index in [2.05, 4.69) is 10.5 Å². The van der Waals surface area contributed by atoms with Gasteiger partial charge in [0.15, 0.2) is 5.76 Å². The molecule has 1 aromatic heterocycles. The van der Waals surface area contributed by atoms with Gasteiger partial charge in [-0.05, 0) is 36.1 Å². The van der Waals surface area contributed by atoms with Gasteiger partial charge in [-0.15, -0.1) is 0 Å². The van der Waals surface area contributed by atoms with Crippen molar-refractivity contribution >= 4 is 17.7 Å². The van der Waals surface area contributed by atoms with Gasteiger partial charge in [0.2, 0.25) is 0 Å². The van der Waals surface area contributed by atoms with Crippen LogP contribution in [-0.4, -0.2) is 17.2 Å². The van der Waals surface area contributed by atoms with Gasteiger partial charge in [0, 0.05) is 18.0 Å². The molecule has 4 rings (SSSR count). The number of aromatic nitrogens is 1.